The summed E-state index contributed by atoms with van der Waals surface area (Å²) >= 11 is 0. The number of hydrogen-bond acceptors (Lipinski definition) is 3. The minimum Gasteiger partial charge on any atom is -0.480 e. The highest BCUT2D eigenvalue weighted by atomic mass is 19.1. The van der Waals surface area contributed by atoms with Gasteiger partial charge in [-0.2, -0.15) is 0 Å². The smallest absolute Gasteiger partial charge is 0.407 e. The van der Waals surface area contributed by atoms with Gasteiger partial charge in [-0.05, 0) is 35.1 Å². The molecule has 2 aromatic rings. The standard InChI is InChI=1S/C23H24FNO4/c24-23(11-5-6-12-23)13-20(21(26)27)25-22(28)29-14-19-17-9-3-1-7-15(17)16-8-2-4-10-18(16)19/h1-4,7-10,19-20H,5-6,11-14H2,(H,25,28)(H,26,27). The van der Waals surface area contributed by atoms with Gasteiger partial charge in [0.1, 0.15) is 18.3 Å². The van der Waals surface area contributed by atoms with Crippen molar-refractivity contribution < 1.29 is 23.8 Å². The van der Waals surface area contributed by atoms with Crippen LogP contribution in [0.5, 0.6) is 0 Å². The molecule has 0 spiro atoms. The first kappa shape index (κ1) is 19.4. The van der Waals surface area contributed by atoms with E-state index in [0.29, 0.717) is 12.8 Å². The van der Waals surface area contributed by atoms with E-state index >= 15 is 0 Å². The number of rotatable bonds is 6. The van der Waals surface area contributed by atoms with Gasteiger partial charge in [-0.1, -0.05) is 61.4 Å². The molecule has 6 heteroatoms. The molecule has 4 rings (SSSR count). The molecule has 5 nitrogen and oxygen atoms in total. The number of carboxylic acids is 1. The van der Waals surface area contributed by atoms with Crippen LogP contribution in [0.1, 0.15) is 49.1 Å². The highest BCUT2D eigenvalue weighted by Gasteiger charge is 2.39. The van der Waals surface area contributed by atoms with Crippen molar-refractivity contribution in [1.82, 2.24) is 5.32 Å². The van der Waals surface area contributed by atoms with E-state index in [1.165, 1.54) is 0 Å². The molecular weight excluding hydrogens is 373 g/mol. The van der Waals surface area contributed by atoms with Gasteiger partial charge in [0.25, 0.3) is 0 Å². The van der Waals surface area contributed by atoms with Crippen LogP contribution in [0.15, 0.2) is 48.5 Å². The Bertz CT molecular complexity index is 877. The lowest BCUT2D eigenvalue weighted by Crippen LogP contribution is -2.45. The van der Waals surface area contributed by atoms with Gasteiger partial charge >= 0.3 is 12.1 Å². The van der Waals surface area contributed by atoms with Crippen molar-refractivity contribution >= 4 is 12.1 Å². The topological polar surface area (TPSA) is 75.6 Å². The number of carbonyl (C=O) groups excluding carboxylic acids is 1. The number of alkyl carbamates (subject to hydrolysis) is 1. The molecule has 0 radical (unpaired) electrons. The van der Waals surface area contributed by atoms with Crippen LogP contribution >= 0.6 is 0 Å². The number of hydrogen-bond donors (Lipinski definition) is 2. The Hall–Kier alpha value is -2.89. The van der Waals surface area contributed by atoms with E-state index in [9.17, 15) is 19.1 Å². The molecule has 1 fully saturated rings. The Morgan fingerprint density at radius 1 is 1.07 bits per heavy atom. The van der Waals surface area contributed by atoms with E-state index in [1.807, 2.05) is 48.5 Å². The molecule has 2 aliphatic rings. The molecule has 1 saturated carbocycles. The maximum Gasteiger partial charge on any atom is 0.407 e. The van der Waals surface area contributed by atoms with Crippen LogP contribution in [0.3, 0.4) is 0 Å². The summed E-state index contributed by atoms with van der Waals surface area (Å²) in [5.74, 6) is -1.36. The van der Waals surface area contributed by atoms with Gasteiger partial charge in [0.05, 0.1) is 0 Å². The molecule has 0 saturated heterocycles. The lowest BCUT2D eigenvalue weighted by atomic mass is 9.95. The van der Waals surface area contributed by atoms with Gasteiger partial charge in [-0.15, -0.1) is 0 Å². The Kier molecular flexibility index (Phi) is 5.26. The molecule has 2 N–H and O–H groups in total. The third kappa shape index (κ3) is 3.97. The van der Waals surface area contributed by atoms with Crippen LogP contribution in [0.2, 0.25) is 0 Å². The lowest BCUT2D eigenvalue weighted by molar-refractivity contribution is -0.140. The van der Waals surface area contributed by atoms with Crippen LogP contribution < -0.4 is 5.32 Å². The fourth-order valence-corrected chi connectivity index (χ4v) is 4.56. The number of carbonyl (C=O) groups is 2. The van der Waals surface area contributed by atoms with E-state index in [4.69, 9.17) is 4.74 Å². The monoisotopic (exact) mass is 397 g/mol. The van der Waals surface area contributed by atoms with E-state index in [2.05, 4.69) is 5.32 Å². The summed E-state index contributed by atoms with van der Waals surface area (Å²) in [6.45, 7) is 0.0902. The number of benzene rings is 2. The van der Waals surface area contributed by atoms with Crippen molar-refractivity contribution in [3.8, 4) is 11.1 Å². The number of halogens is 1. The van der Waals surface area contributed by atoms with Crippen LogP contribution in [-0.2, 0) is 9.53 Å². The van der Waals surface area contributed by atoms with Crippen molar-refractivity contribution in [2.75, 3.05) is 6.61 Å². The van der Waals surface area contributed by atoms with E-state index in [-0.39, 0.29) is 18.9 Å². The summed E-state index contributed by atoms with van der Waals surface area (Å²) in [6, 6.07) is 14.6. The highest BCUT2D eigenvalue weighted by Crippen LogP contribution is 2.44. The molecule has 2 aromatic carbocycles. The van der Waals surface area contributed by atoms with Crippen molar-refractivity contribution in [3.05, 3.63) is 59.7 Å². The Morgan fingerprint density at radius 2 is 1.62 bits per heavy atom. The molecule has 1 amide bonds. The van der Waals surface area contributed by atoms with Crippen molar-refractivity contribution in [3.63, 3.8) is 0 Å². The molecule has 152 valence electrons. The van der Waals surface area contributed by atoms with Crippen LogP contribution in [0, 0.1) is 0 Å². The summed E-state index contributed by atoms with van der Waals surface area (Å²) < 4.78 is 20.1. The van der Waals surface area contributed by atoms with E-state index in [0.717, 1.165) is 35.1 Å². The molecule has 1 unspecified atom stereocenters. The molecule has 0 aliphatic heterocycles. The highest BCUT2D eigenvalue weighted by molar-refractivity contribution is 5.81. The maximum atomic E-state index is 14.7. The van der Waals surface area contributed by atoms with Gasteiger partial charge in [-0.25, -0.2) is 14.0 Å². The zero-order valence-electron chi connectivity index (χ0n) is 16.1. The number of amides is 1. The molecular formula is C23H24FNO4. The first-order valence-electron chi connectivity index (χ1n) is 10.0. The van der Waals surface area contributed by atoms with Gasteiger partial charge in [0, 0.05) is 12.3 Å². The quantitative estimate of drug-likeness (QED) is 0.744. The first-order valence-corrected chi connectivity index (χ1v) is 10.0. The second kappa shape index (κ2) is 7.85. The van der Waals surface area contributed by atoms with Crippen LogP contribution in [0.25, 0.3) is 11.1 Å². The number of fused-ring (bicyclic) bond motifs is 3. The van der Waals surface area contributed by atoms with Gasteiger partial charge < -0.3 is 15.2 Å². The average molecular weight is 397 g/mol. The summed E-state index contributed by atoms with van der Waals surface area (Å²) in [5.41, 5.74) is 2.84. The maximum absolute atomic E-state index is 14.7. The predicted molar refractivity (Wildman–Crippen MR) is 107 cm³/mol. The molecule has 2 aliphatic carbocycles. The molecule has 0 heterocycles. The minimum atomic E-state index is -1.53. The normalized spacial score (nSPS) is 18.0. The number of aliphatic carboxylic acids is 1. The van der Waals surface area contributed by atoms with E-state index in [1.54, 1.807) is 0 Å². The Balaban J connectivity index is 1.42. The minimum absolute atomic E-state index is 0.0902. The summed E-state index contributed by atoms with van der Waals surface area (Å²) in [5, 5.41) is 11.7. The molecule has 0 bridgehead atoms. The number of nitrogens with one attached hydrogen (secondary N) is 1. The zero-order valence-corrected chi connectivity index (χ0v) is 16.1. The fourth-order valence-electron chi connectivity index (χ4n) is 4.56. The SMILES string of the molecule is O=C(NC(CC1(F)CCCC1)C(=O)O)OCC1c2ccccc2-c2ccccc21. The van der Waals surface area contributed by atoms with Crippen molar-refractivity contribution in [2.24, 2.45) is 0 Å². The van der Waals surface area contributed by atoms with Gasteiger partial charge in [0.15, 0.2) is 0 Å². The number of alkyl halides is 1. The number of carboxylic acid groups (broad SMARTS) is 1. The van der Waals surface area contributed by atoms with Gasteiger partial charge in [-0.3, -0.25) is 0 Å². The molecule has 1 atom stereocenters. The van der Waals surface area contributed by atoms with Gasteiger partial charge in [0.2, 0.25) is 0 Å². The van der Waals surface area contributed by atoms with Crippen LogP contribution in [-0.4, -0.2) is 35.5 Å². The fraction of sp³-hybridized carbons (Fsp3) is 0.391. The number of ether oxygens (including phenoxy) is 1. The summed E-state index contributed by atoms with van der Waals surface area (Å²) in [7, 11) is 0. The first-order chi connectivity index (χ1) is 14.0. The third-order valence-electron chi connectivity index (χ3n) is 6.00. The lowest BCUT2D eigenvalue weighted by Gasteiger charge is -2.24. The molecule has 29 heavy (non-hydrogen) atoms. The zero-order chi connectivity index (χ0) is 20.4. The van der Waals surface area contributed by atoms with E-state index < -0.39 is 23.8 Å². The summed E-state index contributed by atoms with van der Waals surface area (Å²) in [6.07, 6.45) is 1.10. The Morgan fingerprint density at radius 3 is 2.17 bits per heavy atom. The van der Waals surface area contributed by atoms with Crippen molar-refractivity contribution in [1.29, 1.82) is 0 Å². The predicted octanol–water partition coefficient (Wildman–Crippen LogP) is 4.65. The Labute approximate surface area is 168 Å². The average Bonchev–Trinajstić information content (AvgIpc) is 3.27. The van der Waals surface area contributed by atoms with Crippen LogP contribution in [0.4, 0.5) is 9.18 Å². The van der Waals surface area contributed by atoms with Crippen molar-refractivity contribution in [2.45, 2.75) is 49.7 Å². The largest absolute Gasteiger partial charge is 0.480 e. The second-order valence-corrected chi connectivity index (χ2v) is 7.92. The summed E-state index contributed by atoms with van der Waals surface area (Å²) in [4.78, 5) is 23.8. The molecule has 0 aromatic heterocycles. The second-order valence-electron chi connectivity index (χ2n) is 7.92. The third-order valence-corrected chi connectivity index (χ3v) is 6.00.